The molecule has 170 valence electrons. The zero-order valence-corrected chi connectivity index (χ0v) is 17.9. The zero-order valence-electron chi connectivity index (χ0n) is 17.1. The number of carbonyl (C=O) groups is 3. The van der Waals surface area contributed by atoms with E-state index < -0.39 is 29.7 Å². The van der Waals surface area contributed by atoms with Gasteiger partial charge in [-0.15, -0.1) is 0 Å². The van der Waals surface area contributed by atoms with Crippen LogP contribution in [0.15, 0.2) is 36.4 Å². The normalized spacial score (nSPS) is 11.7. The molecule has 2 atom stereocenters. The number of aliphatic hydroxyl groups is 2. The highest BCUT2D eigenvalue weighted by atomic mass is 35.5. The lowest BCUT2D eigenvalue weighted by Crippen LogP contribution is -2.37. The van der Waals surface area contributed by atoms with Gasteiger partial charge in [0, 0.05) is 24.3 Å². The predicted octanol–water partition coefficient (Wildman–Crippen LogP) is 3.07. The summed E-state index contributed by atoms with van der Waals surface area (Å²) in [5.41, 5.74) is 0.539. The molecule has 2 rings (SSSR count). The molecule has 0 saturated carbocycles. The van der Waals surface area contributed by atoms with Crippen molar-refractivity contribution in [1.82, 2.24) is 0 Å². The third-order valence-electron chi connectivity index (χ3n) is 3.70. The Morgan fingerprint density at radius 2 is 1.52 bits per heavy atom. The summed E-state index contributed by atoms with van der Waals surface area (Å²) in [7, 11) is 0. The molecule has 0 fully saturated rings. The van der Waals surface area contributed by atoms with Crippen molar-refractivity contribution in [1.29, 1.82) is 0 Å². The SMILES string of the molecule is C=O.C=O.C[C@H](O)CN(C[C@@H](C)O)c1cc(C(=O)Nc2ccc(F)c(Cl)c2)ccc1F. The Balaban J connectivity index is 0.00000212. The molecule has 2 aromatic rings. The standard InChI is InChI=1S/C19H21ClF2N2O3.2CH2O/c1-11(25)9-24(10-12(2)26)18-7-13(3-5-17(18)22)19(27)23-14-4-6-16(21)15(20)8-14;2*1-2/h3-8,11-12,25-26H,9-10H2,1-2H3,(H,23,27);2*1H2/t11-,12+;;. The maximum atomic E-state index is 14.3. The van der Waals surface area contributed by atoms with Gasteiger partial charge in [0.05, 0.1) is 22.9 Å². The Labute approximate surface area is 184 Å². The molecular formula is C21H25ClF2N2O5. The molecule has 0 aliphatic rings. The van der Waals surface area contributed by atoms with Crippen molar-refractivity contribution >= 4 is 42.5 Å². The van der Waals surface area contributed by atoms with Crippen molar-refractivity contribution in [3.05, 3.63) is 58.6 Å². The van der Waals surface area contributed by atoms with E-state index in [1.165, 1.54) is 29.2 Å². The maximum absolute atomic E-state index is 14.3. The van der Waals surface area contributed by atoms with Crippen LogP contribution in [-0.2, 0) is 9.59 Å². The van der Waals surface area contributed by atoms with E-state index in [1.807, 2.05) is 13.6 Å². The van der Waals surface area contributed by atoms with Gasteiger partial charge in [0.15, 0.2) is 0 Å². The molecule has 3 N–H and O–H groups in total. The lowest BCUT2D eigenvalue weighted by Gasteiger charge is -2.28. The molecule has 0 heterocycles. The van der Waals surface area contributed by atoms with Crippen LogP contribution >= 0.6 is 11.6 Å². The van der Waals surface area contributed by atoms with Crippen molar-refractivity contribution in [3.63, 3.8) is 0 Å². The van der Waals surface area contributed by atoms with Crippen molar-refractivity contribution in [2.75, 3.05) is 23.3 Å². The van der Waals surface area contributed by atoms with Crippen LogP contribution in [0, 0.1) is 11.6 Å². The van der Waals surface area contributed by atoms with Gasteiger partial charge in [0.25, 0.3) is 5.91 Å². The van der Waals surface area contributed by atoms with Crippen LogP contribution in [0.5, 0.6) is 0 Å². The van der Waals surface area contributed by atoms with Crippen LogP contribution in [0.25, 0.3) is 0 Å². The van der Waals surface area contributed by atoms with E-state index in [-0.39, 0.29) is 29.4 Å². The summed E-state index contributed by atoms with van der Waals surface area (Å²) in [6, 6.07) is 7.53. The van der Waals surface area contributed by atoms with Crippen LogP contribution in [0.1, 0.15) is 24.2 Å². The number of amides is 1. The van der Waals surface area contributed by atoms with Crippen LogP contribution in [-0.4, -0.2) is 55.0 Å². The summed E-state index contributed by atoms with van der Waals surface area (Å²) in [5, 5.41) is 21.7. The number of carbonyl (C=O) groups excluding carboxylic acids is 3. The minimum Gasteiger partial charge on any atom is -0.392 e. The van der Waals surface area contributed by atoms with Gasteiger partial charge in [-0.3, -0.25) is 4.79 Å². The minimum atomic E-state index is -0.762. The maximum Gasteiger partial charge on any atom is 0.255 e. The molecule has 0 aliphatic carbocycles. The van der Waals surface area contributed by atoms with Gasteiger partial charge in [-0.1, -0.05) is 11.6 Å². The molecular weight excluding hydrogens is 434 g/mol. The fraction of sp³-hybridized carbons (Fsp3) is 0.286. The molecule has 0 saturated heterocycles. The number of nitrogens with one attached hydrogen (secondary N) is 1. The number of anilines is 2. The number of halogens is 3. The van der Waals surface area contributed by atoms with Crippen molar-refractivity contribution in [2.45, 2.75) is 26.1 Å². The molecule has 0 spiro atoms. The molecule has 0 aliphatic heterocycles. The highest BCUT2D eigenvalue weighted by Crippen LogP contribution is 2.24. The molecule has 10 heteroatoms. The first kappa shape index (κ1) is 28.1. The van der Waals surface area contributed by atoms with Crippen molar-refractivity contribution < 1.29 is 33.4 Å². The van der Waals surface area contributed by atoms with E-state index in [9.17, 15) is 23.8 Å². The second-order valence-electron chi connectivity index (χ2n) is 6.35. The number of hydrogen-bond acceptors (Lipinski definition) is 6. The largest absolute Gasteiger partial charge is 0.392 e. The third-order valence-corrected chi connectivity index (χ3v) is 3.99. The lowest BCUT2D eigenvalue weighted by molar-refractivity contribution is -0.0987. The Morgan fingerprint density at radius 3 is 2.00 bits per heavy atom. The Bertz CT molecular complexity index is 841. The van der Waals surface area contributed by atoms with E-state index in [0.29, 0.717) is 5.69 Å². The van der Waals surface area contributed by atoms with Gasteiger partial charge < -0.3 is 30.0 Å². The van der Waals surface area contributed by atoms with Crippen LogP contribution < -0.4 is 10.2 Å². The zero-order chi connectivity index (χ0) is 24.1. The van der Waals surface area contributed by atoms with Crippen LogP contribution in [0.2, 0.25) is 5.02 Å². The summed E-state index contributed by atoms with van der Waals surface area (Å²) >= 11 is 5.70. The Kier molecular flexibility index (Phi) is 12.9. The molecule has 2 aromatic carbocycles. The molecule has 1 amide bonds. The first-order valence-corrected chi connectivity index (χ1v) is 9.30. The quantitative estimate of drug-likeness (QED) is 0.588. The number of hydrogen-bond donors (Lipinski definition) is 3. The van der Waals surface area contributed by atoms with E-state index >= 15 is 0 Å². The van der Waals surface area contributed by atoms with Crippen LogP contribution in [0.3, 0.4) is 0 Å². The first-order chi connectivity index (χ1) is 14.7. The number of benzene rings is 2. The molecule has 31 heavy (non-hydrogen) atoms. The third kappa shape index (κ3) is 9.20. The average molecular weight is 459 g/mol. The fourth-order valence-electron chi connectivity index (χ4n) is 2.58. The summed E-state index contributed by atoms with van der Waals surface area (Å²) in [6.07, 6.45) is -1.52. The van der Waals surface area contributed by atoms with Crippen molar-refractivity contribution in [2.24, 2.45) is 0 Å². The minimum absolute atomic E-state index is 0.0838. The van der Waals surface area contributed by atoms with Crippen LogP contribution in [0.4, 0.5) is 20.2 Å². The topological polar surface area (TPSA) is 107 Å². The second kappa shape index (κ2) is 14.2. The van der Waals surface area contributed by atoms with Gasteiger partial charge in [0.1, 0.15) is 25.2 Å². The highest BCUT2D eigenvalue weighted by molar-refractivity contribution is 6.31. The van der Waals surface area contributed by atoms with Gasteiger partial charge in [-0.25, -0.2) is 8.78 Å². The second-order valence-corrected chi connectivity index (χ2v) is 6.76. The smallest absolute Gasteiger partial charge is 0.255 e. The summed E-state index contributed by atoms with van der Waals surface area (Å²) < 4.78 is 27.5. The average Bonchev–Trinajstić information content (AvgIpc) is 2.73. The van der Waals surface area contributed by atoms with Gasteiger partial charge >= 0.3 is 0 Å². The molecule has 0 radical (unpaired) electrons. The number of rotatable bonds is 7. The highest BCUT2D eigenvalue weighted by Gasteiger charge is 2.18. The summed E-state index contributed by atoms with van der Waals surface area (Å²) in [5.74, 6) is -1.73. The summed E-state index contributed by atoms with van der Waals surface area (Å²) in [6.45, 7) is 7.25. The number of aliphatic hydroxyl groups excluding tert-OH is 2. The van der Waals surface area contributed by atoms with E-state index in [4.69, 9.17) is 21.2 Å². The fourth-order valence-corrected chi connectivity index (χ4v) is 2.76. The molecule has 0 aromatic heterocycles. The van der Waals surface area contributed by atoms with Gasteiger partial charge in [0.2, 0.25) is 0 Å². The van der Waals surface area contributed by atoms with Gasteiger partial charge in [-0.2, -0.15) is 0 Å². The van der Waals surface area contributed by atoms with Gasteiger partial charge in [-0.05, 0) is 50.2 Å². The first-order valence-electron chi connectivity index (χ1n) is 8.92. The molecule has 0 unspecified atom stereocenters. The Hall–Kier alpha value is -2.88. The number of nitrogens with zero attached hydrogens (tertiary/aromatic N) is 1. The monoisotopic (exact) mass is 458 g/mol. The van der Waals surface area contributed by atoms with E-state index in [1.54, 1.807) is 13.8 Å². The molecule has 0 bridgehead atoms. The Morgan fingerprint density at radius 1 is 1.00 bits per heavy atom. The van der Waals surface area contributed by atoms with E-state index in [2.05, 4.69) is 5.32 Å². The van der Waals surface area contributed by atoms with E-state index in [0.717, 1.165) is 12.1 Å². The predicted molar refractivity (Wildman–Crippen MR) is 116 cm³/mol. The molecule has 7 nitrogen and oxygen atoms in total. The lowest BCUT2D eigenvalue weighted by atomic mass is 10.1. The van der Waals surface area contributed by atoms with Crippen molar-refractivity contribution in [3.8, 4) is 0 Å². The summed E-state index contributed by atoms with van der Waals surface area (Å²) in [4.78, 5) is 29.9.